The normalized spacial score (nSPS) is 25.6. The van der Waals surface area contributed by atoms with Gasteiger partial charge in [0.1, 0.15) is 5.82 Å². The highest BCUT2D eigenvalue weighted by molar-refractivity contribution is 7.09. The Morgan fingerprint density at radius 3 is 2.94 bits per heavy atom. The summed E-state index contributed by atoms with van der Waals surface area (Å²) in [7, 11) is 0. The predicted octanol–water partition coefficient (Wildman–Crippen LogP) is 2.49. The van der Waals surface area contributed by atoms with E-state index in [-0.39, 0.29) is 6.10 Å². The number of hydrogen-bond acceptors (Lipinski definition) is 5. The van der Waals surface area contributed by atoms with Crippen molar-refractivity contribution >= 4 is 28.3 Å². The van der Waals surface area contributed by atoms with Crippen molar-refractivity contribution in [3.63, 3.8) is 0 Å². The molecule has 2 atom stereocenters. The Bertz CT molecular complexity index is 371. The van der Waals surface area contributed by atoms with E-state index in [9.17, 15) is 0 Å². The zero-order valence-corrected chi connectivity index (χ0v) is 12.0. The monoisotopic (exact) mass is 275 g/mol. The number of nitrogens with zero attached hydrogens (tertiary/aromatic N) is 3. The second-order valence-corrected chi connectivity index (χ2v) is 5.74. The number of ether oxygens (including phenoxy) is 1. The van der Waals surface area contributed by atoms with E-state index in [2.05, 4.69) is 35.0 Å². The number of aromatic nitrogens is 2. The maximum atomic E-state index is 5.85. The van der Waals surface area contributed by atoms with Gasteiger partial charge >= 0.3 is 0 Å². The third-order valence-electron chi connectivity index (χ3n) is 2.87. The van der Waals surface area contributed by atoms with Gasteiger partial charge in [0.05, 0.1) is 24.6 Å². The molecule has 1 aromatic heterocycles. The van der Waals surface area contributed by atoms with Crippen molar-refractivity contribution < 1.29 is 4.74 Å². The number of alkyl halides is 1. The van der Waals surface area contributed by atoms with Crippen LogP contribution >= 0.6 is 23.1 Å². The van der Waals surface area contributed by atoms with Crippen LogP contribution in [0.2, 0.25) is 0 Å². The van der Waals surface area contributed by atoms with E-state index in [0.717, 1.165) is 17.5 Å². The molecule has 0 aromatic carbocycles. The van der Waals surface area contributed by atoms with Gasteiger partial charge in [-0.25, -0.2) is 4.98 Å². The highest BCUT2D eigenvalue weighted by atomic mass is 35.5. The summed E-state index contributed by atoms with van der Waals surface area (Å²) in [5, 5.41) is 0.986. The van der Waals surface area contributed by atoms with E-state index in [1.54, 1.807) is 0 Å². The number of hydrogen-bond donors (Lipinski definition) is 0. The largest absolute Gasteiger partial charge is 0.373 e. The second-order valence-electron chi connectivity index (χ2n) is 4.70. The second kappa shape index (κ2) is 5.50. The molecule has 1 aliphatic heterocycles. The molecule has 17 heavy (non-hydrogen) atoms. The summed E-state index contributed by atoms with van der Waals surface area (Å²) in [6.45, 7) is 7.86. The minimum absolute atomic E-state index is 0.0965. The van der Waals surface area contributed by atoms with Crippen LogP contribution in [-0.4, -0.2) is 40.5 Å². The molecule has 0 spiro atoms. The summed E-state index contributed by atoms with van der Waals surface area (Å²) < 4.78 is 10.0. The molecule has 0 amide bonds. The highest BCUT2D eigenvalue weighted by Gasteiger charge is 2.28. The first-order chi connectivity index (χ1) is 8.11. The third kappa shape index (κ3) is 2.89. The molecule has 2 rings (SSSR count). The summed E-state index contributed by atoms with van der Waals surface area (Å²) in [5.41, 5.74) is 0. The molecule has 1 aliphatic rings. The SMILES string of the molecule is CC(C)c1nsc(N2CC(CCl)OCC2C)n1. The average molecular weight is 276 g/mol. The van der Waals surface area contributed by atoms with Crippen LogP contribution in [0.5, 0.6) is 0 Å². The number of anilines is 1. The van der Waals surface area contributed by atoms with Crippen molar-refractivity contribution in [2.24, 2.45) is 0 Å². The molecule has 0 N–H and O–H groups in total. The molecule has 0 saturated carbocycles. The lowest BCUT2D eigenvalue weighted by Crippen LogP contribution is -2.49. The van der Waals surface area contributed by atoms with Crippen molar-refractivity contribution in [3.05, 3.63) is 5.82 Å². The number of halogens is 1. The zero-order valence-electron chi connectivity index (χ0n) is 10.4. The summed E-state index contributed by atoms with van der Waals surface area (Å²) in [4.78, 5) is 6.84. The Morgan fingerprint density at radius 2 is 2.35 bits per heavy atom. The van der Waals surface area contributed by atoms with Crippen LogP contribution in [0.1, 0.15) is 32.5 Å². The molecule has 4 nitrogen and oxygen atoms in total. The molecule has 2 heterocycles. The number of rotatable bonds is 3. The van der Waals surface area contributed by atoms with Gasteiger partial charge in [0.25, 0.3) is 0 Å². The Balaban J connectivity index is 2.13. The minimum atomic E-state index is 0.0965. The van der Waals surface area contributed by atoms with E-state index in [0.29, 0.717) is 24.4 Å². The van der Waals surface area contributed by atoms with E-state index in [4.69, 9.17) is 16.3 Å². The van der Waals surface area contributed by atoms with Gasteiger partial charge in [-0.3, -0.25) is 0 Å². The van der Waals surface area contributed by atoms with E-state index >= 15 is 0 Å². The maximum absolute atomic E-state index is 5.85. The summed E-state index contributed by atoms with van der Waals surface area (Å²) in [6, 6.07) is 0.336. The van der Waals surface area contributed by atoms with Gasteiger partial charge in [-0.05, 0) is 6.92 Å². The van der Waals surface area contributed by atoms with Gasteiger partial charge < -0.3 is 9.64 Å². The predicted molar refractivity (Wildman–Crippen MR) is 71.3 cm³/mol. The fourth-order valence-corrected chi connectivity index (χ4v) is 2.86. The summed E-state index contributed by atoms with van der Waals surface area (Å²) in [6.07, 6.45) is 0.0965. The summed E-state index contributed by atoms with van der Waals surface area (Å²) >= 11 is 7.32. The van der Waals surface area contributed by atoms with Crippen LogP contribution in [0, 0.1) is 0 Å². The van der Waals surface area contributed by atoms with Crippen molar-refractivity contribution in [2.45, 2.75) is 38.8 Å². The van der Waals surface area contributed by atoms with Gasteiger partial charge in [-0.15, -0.1) is 11.6 Å². The lowest BCUT2D eigenvalue weighted by molar-refractivity contribution is 0.0364. The molecule has 0 aliphatic carbocycles. The highest BCUT2D eigenvalue weighted by Crippen LogP contribution is 2.26. The third-order valence-corrected chi connectivity index (χ3v) is 3.98. The molecule has 1 fully saturated rings. The smallest absolute Gasteiger partial charge is 0.205 e. The van der Waals surface area contributed by atoms with Gasteiger partial charge in [0.15, 0.2) is 0 Å². The maximum Gasteiger partial charge on any atom is 0.205 e. The molecule has 6 heteroatoms. The van der Waals surface area contributed by atoms with E-state index < -0.39 is 0 Å². The lowest BCUT2D eigenvalue weighted by Gasteiger charge is -2.36. The molecule has 2 unspecified atom stereocenters. The van der Waals surface area contributed by atoms with Crippen LogP contribution < -0.4 is 4.90 Å². The first-order valence-electron chi connectivity index (χ1n) is 5.89. The van der Waals surface area contributed by atoms with Crippen molar-refractivity contribution in [2.75, 3.05) is 23.9 Å². The molecule has 1 saturated heterocycles. The van der Waals surface area contributed by atoms with Gasteiger partial charge in [-0.2, -0.15) is 4.37 Å². The van der Waals surface area contributed by atoms with Crippen LogP contribution in [0.25, 0.3) is 0 Å². The van der Waals surface area contributed by atoms with Crippen molar-refractivity contribution in [1.82, 2.24) is 9.36 Å². The fourth-order valence-electron chi connectivity index (χ4n) is 1.75. The van der Waals surface area contributed by atoms with E-state index in [1.807, 2.05) is 0 Å². The average Bonchev–Trinajstić information content (AvgIpc) is 2.79. The molecular weight excluding hydrogens is 258 g/mol. The Labute approximate surface area is 111 Å². The fraction of sp³-hybridized carbons (Fsp3) is 0.818. The van der Waals surface area contributed by atoms with Crippen molar-refractivity contribution in [3.8, 4) is 0 Å². The molecule has 0 radical (unpaired) electrons. The van der Waals surface area contributed by atoms with Crippen LogP contribution in [-0.2, 0) is 4.74 Å². The lowest BCUT2D eigenvalue weighted by atomic mass is 10.2. The van der Waals surface area contributed by atoms with Crippen LogP contribution in [0.3, 0.4) is 0 Å². The van der Waals surface area contributed by atoms with Crippen molar-refractivity contribution in [1.29, 1.82) is 0 Å². The summed E-state index contributed by atoms with van der Waals surface area (Å²) in [5.74, 6) is 1.82. The van der Waals surface area contributed by atoms with Crippen LogP contribution in [0.4, 0.5) is 5.13 Å². The number of morpholine rings is 1. The Hall–Kier alpha value is -0.390. The van der Waals surface area contributed by atoms with Gasteiger partial charge in [-0.1, -0.05) is 13.8 Å². The zero-order chi connectivity index (χ0) is 12.4. The first-order valence-corrected chi connectivity index (χ1v) is 7.20. The van der Waals surface area contributed by atoms with Gasteiger partial charge in [0, 0.05) is 24.0 Å². The first kappa shape index (κ1) is 13.1. The molecular formula is C11H18ClN3OS. The van der Waals surface area contributed by atoms with Gasteiger partial charge in [0.2, 0.25) is 5.13 Å². The minimum Gasteiger partial charge on any atom is -0.373 e. The Morgan fingerprint density at radius 1 is 1.59 bits per heavy atom. The molecule has 96 valence electrons. The van der Waals surface area contributed by atoms with E-state index in [1.165, 1.54) is 11.5 Å². The quantitative estimate of drug-likeness (QED) is 0.795. The molecule has 1 aromatic rings. The van der Waals surface area contributed by atoms with Crippen LogP contribution in [0.15, 0.2) is 0 Å². The topological polar surface area (TPSA) is 38.2 Å². The Kier molecular flexibility index (Phi) is 4.22. The standard InChI is InChI=1S/C11H18ClN3OS/c1-7(2)10-13-11(17-14-10)15-5-9(4-12)16-6-8(15)3/h7-9H,4-6H2,1-3H3. The molecule has 0 bridgehead atoms.